The number of ether oxygens (including phenoxy) is 1. The number of aliphatic hydroxyl groups excluding tert-OH is 1. The second-order valence-corrected chi connectivity index (χ2v) is 5.12. The van der Waals surface area contributed by atoms with Gasteiger partial charge >= 0.3 is 19.5 Å². The molecule has 0 atom stereocenters. The van der Waals surface area contributed by atoms with Gasteiger partial charge in [0.25, 0.3) is 0 Å². The minimum Gasteiger partial charge on any atom is -0.478 e. The van der Waals surface area contributed by atoms with Crippen LogP contribution in [-0.2, 0) is 18.9 Å². The molecule has 0 aliphatic carbocycles. The van der Waals surface area contributed by atoms with Crippen LogP contribution in [-0.4, -0.2) is 45.2 Å². The Bertz CT molecular complexity index is 396. The Morgan fingerprint density at radius 2 is 1.62 bits per heavy atom. The van der Waals surface area contributed by atoms with Gasteiger partial charge in [0.1, 0.15) is 0 Å². The number of hydrogen-bond acceptors (Lipinski definition) is 5. The molecule has 0 saturated heterocycles. The first-order valence-corrected chi connectivity index (χ1v) is 7.11. The first-order valence-electron chi connectivity index (χ1n) is 5.49. The SMILES string of the molecule is C=C(C)P(=O)(O)O.C=CC(=O)O.C=CC(=O)OCCCO. The molecule has 0 spiro atoms. The quantitative estimate of drug-likeness (QED) is 0.246. The summed E-state index contributed by atoms with van der Waals surface area (Å²) in [5, 5.41) is 15.7. The second-order valence-electron chi connectivity index (χ2n) is 3.27. The van der Waals surface area contributed by atoms with E-state index in [-0.39, 0.29) is 18.5 Å². The first-order chi connectivity index (χ1) is 9.52. The molecule has 0 aliphatic heterocycles. The summed E-state index contributed by atoms with van der Waals surface area (Å²) in [5.41, 5.74) is 0. The fourth-order valence-electron chi connectivity index (χ4n) is 0.296. The maximum absolute atomic E-state index is 10.3. The number of rotatable bonds is 6. The van der Waals surface area contributed by atoms with Gasteiger partial charge in [0.05, 0.1) is 6.61 Å². The van der Waals surface area contributed by atoms with Gasteiger partial charge in [0, 0.05) is 30.5 Å². The Kier molecular flexibility index (Phi) is 17.0. The maximum atomic E-state index is 10.3. The maximum Gasteiger partial charge on any atom is 0.351 e. The van der Waals surface area contributed by atoms with Crippen LogP contribution in [0.1, 0.15) is 13.3 Å². The third-order valence-electron chi connectivity index (χ3n) is 1.39. The average Bonchev–Trinajstić information content (AvgIpc) is 2.39. The van der Waals surface area contributed by atoms with Gasteiger partial charge in [-0.15, -0.1) is 0 Å². The van der Waals surface area contributed by atoms with E-state index >= 15 is 0 Å². The van der Waals surface area contributed by atoms with Crippen LogP contribution in [0.25, 0.3) is 0 Å². The van der Waals surface area contributed by atoms with Gasteiger partial charge in [-0.25, -0.2) is 9.59 Å². The average molecular weight is 324 g/mol. The molecule has 0 radical (unpaired) electrons. The van der Waals surface area contributed by atoms with Gasteiger partial charge in [-0.2, -0.15) is 0 Å². The van der Waals surface area contributed by atoms with Crippen molar-refractivity contribution in [2.24, 2.45) is 0 Å². The van der Waals surface area contributed by atoms with E-state index in [1.165, 1.54) is 6.92 Å². The first kappa shape index (κ1) is 24.3. The Morgan fingerprint density at radius 1 is 1.24 bits per heavy atom. The molecular formula is C12H21O8P. The molecule has 0 unspecified atom stereocenters. The van der Waals surface area contributed by atoms with Gasteiger partial charge in [-0.1, -0.05) is 19.7 Å². The zero-order valence-electron chi connectivity index (χ0n) is 11.8. The van der Waals surface area contributed by atoms with Crippen molar-refractivity contribution in [1.82, 2.24) is 0 Å². The lowest BCUT2D eigenvalue weighted by molar-refractivity contribution is -0.138. The van der Waals surface area contributed by atoms with Gasteiger partial charge in [0.2, 0.25) is 0 Å². The highest BCUT2D eigenvalue weighted by Gasteiger charge is 2.11. The molecule has 0 bridgehead atoms. The fourth-order valence-corrected chi connectivity index (χ4v) is 0.296. The summed E-state index contributed by atoms with van der Waals surface area (Å²) in [6.07, 6.45) is 2.41. The lowest BCUT2D eigenvalue weighted by Gasteiger charge is -1.97. The van der Waals surface area contributed by atoms with Crippen molar-refractivity contribution < 1.29 is 38.9 Å². The Hall–Kier alpha value is -1.73. The summed E-state index contributed by atoms with van der Waals surface area (Å²) in [4.78, 5) is 35.7. The summed E-state index contributed by atoms with van der Waals surface area (Å²) in [6.45, 7) is 10.8. The van der Waals surface area contributed by atoms with Crippen molar-refractivity contribution >= 4 is 19.5 Å². The standard InChI is InChI=1S/C6H10O3.C3H7O3P.C3H4O2/c1-2-6(8)9-5-3-4-7;1-3(2)7(4,5)6;1-2-3(4)5/h2,7H,1,3-5H2;1H2,2H3,(H2,4,5,6);2H,1H2,(H,4,5). The van der Waals surface area contributed by atoms with Crippen LogP contribution < -0.4 is 0 Å². The van der Waals surface area contributed by atoms with E-state index in [0.717, 1.165) is 12.2 Å². The Labute approximate surface area is 123 Å². The van der Waals surface area contributed by atoms with E-state index in [1.54, 1.807) is 0 Å². The van der Waals surface area contributed by atoms with Gasteiger partial charge in [0.15, 0.2) is 0 Å². The van der Waals surface area contributed by atoms with E-state index in [2.05, 4.69) is 24.5 Å². The highest BCUT2D eigenvalue weighted by Crippen LogP contribution is 2.42. The van der Waals surface area contributed by atoms with Crippen LogP contribution in [0.4, 0.5) is 0 Å². The van der Waals surface area contributed by atoms with E-state index in [1.807, 2.05) is 0 Å². The third kappa shape index (κ3) is 27.5. The molecular weight excluding hydrogens is 303 g/mol. The molecule has 0 amide bonds. The Balaban J connectivity index is -0.000000242. The molecule has 0 aromatic rings. The summed E-state index contributed by atoms with van der Waals surface area (Å²) in [6, 6.07) is 0. The number of carboxylic acids is 1. The number of carboxylic acid groups (broad SMARTS) is 1. The van der Waals surface area contributed by atoms with Crippen LogP contribution in [0.5, 0.6) is 0 Å². The lowest BCUT2D eigenvalue weighted by Crippen LogP contribution is -2.02. The predicted molar refractivity (Wildman–Crippen MR) is 77.5 cm³/mol. The zero-order chi connectivity index (χ0) is 17.5. The minimum absolute atomic E-state index is 0.0461. The van der Waals surface area contributed by atoms with Crippen LogP contribution >= 0.6 is 7.60 Å². The molecule has 0 aromatic heterocycles. The topological polar surface area (TPSA) is 141 Å². The van der Waals surface area contributed by atoms with Gasteiger partial charge in [-0.3, -0.25) is 4.57 Å². The number of aliphatic carboxylic acids is 1. The van der Waals surface area contributed by atoms with Gasteiger partial charge < -0.3 is 24.7 Å². The number of allylic oxidation sites excluding steroid dienone is 1. The fraction of sp³-hybridized carbons (Fsp3) is 0.333. The van der Waals surface area contributed by atoms with E-state index in [0.29, 0.717) is 6.42 Å². The lowest BCUT2D eigenvalue weighted by atomic mass is 10.5. The number of carbonyl (C=O) groups excluding carboxylic acids is 1. The summed E-state index contributed by atoms with van der Waals surface area (Å²) in [7, 11) is -3.93. The highest BCUT2D eigenvalue weighted by molar-refractivity contribution is 7.56. The van der Waals surface area contributed by atoms with E-state index in [4.69, 9.17) is 20.0 Å². The Morgan fingerprint density at radius 3 is 1.81 bits per heavy atom. The van der Waals surface area contributed by atoms with Crippen molar-refractivity contribution in [3.8, 4) is 0 Å². The van der Waals surface area contributed by atoms with Crippen molar-refractivity contribution in [2.45, 2.75) is 13.3 Å². The number of hydrogen-bond donors (Lipinski definition) is 4. The van der Waals surface area contributed by atoms with Crippen molar-refractivity contribution in [3.63, 3.8) is 0 Å². The van der Waals surface area contributed by atoms with E-state index in [9.17, 15) is 14.2 Å². The molecule has 0 fully saturated rings. The minimum atomic E-state index is -3.93. The summed E-state index contributed by atoms with van der Waals surface area (Å²) in [5.74, 6) is -1.42. The van der Waals surface area contributed by atoms with Crippen molar-refractivity contribution in [3.05, 3.63) is 37.2 Å². The summed E-state index contributed by atoms with van der Waals surface area (Å²) >= 11 is 0. The summed E-state index contributed by atoms with van der Waals surface area (Å²) < 4.78 is 14.4. The van der Waals surface area contributed by atoms with Crippen LogP contribution in [0.15, 0.2) is 37.2 Å². The smallest absolute Gasteiger partial charge is 0.351 e. The van der Waals surface area contributed by atoms with Crippen LogP contribution in [0.2, 0.25) is 0 Å². The second kappa shape index (κ2) is 14.7. The molecule has 0 aliphatic rings. The van der Waals surface area contributed by atoms with Crippen LogP contribution in [0.3, 0.4) is 0 Å². The number of aliphatic hydroxyl groups is 1. The third-order valence-corrected chi connectivity index (χ3v) is 2.38. The molecule has 0 heterocycles. The molecule has 8 nitrogen and oxygen atoms in total. The van der Waals surface area contributed by atoms with Crippen molar-refractivity contribution in [1.29, 1.82) is 0 Å². The molecule has 21 heavy (non-hydrogen) atoms. The molecule has 122 valence electrons. The molecule has 0 aromatic carbocycles. The number of carbonyl (C=O) groups is 2. The molecule has 0 rings (SSSR count). The van der Waals surface area contributed by atoms with E-state index < -0.39 is 19.5 Å². The predicted octanol–water partition coefficient (Wildman–Crippen LogP) is 1.05. The van der Waals surface area contributed by atoms with Gasteiger partial charge in [-0.05, 0) is 6.92 Å². The molecule has 4 N–H and O–H groups in total. The number of esters is 1. The largest absolute Gasteiger partial charge is 0.478 e. The molecule has 0 saturated carbocycles. The van der Waals surface area contributed by atoms with Crippen molar-refractivity contribution in [2.75, 3.05) is 13.2 Å². The molecule has 9 heteroatoms. The van der Waals surface area contributed by atoms with Crippen LogP contribution in [0, 0.1) is 0 Å². The monoisotopic (exact) mass is 324 g/mol. The highest BCUT2D eigenvalue weighted by atomic mass is 31.2. The zero-order valence-corrected chi connectivity index (χ0v) is 12.7. The normalized spacial score (nSPS) is 8.95.